The summed E-state index contributed by atoms with van der Waals surface area (Å²) in [7, 11) is 0. The third kappa shape index (κ3) is 1.35. The van der Waals surface area contributed by atoms with Crippen LogP contribution < -0.4 is 0 Å². The SMILES string of the molecule is CC(=O)O[C@@]12[C@H]3O[C@H]3[C@]3(CO3)[C@]1(C)C[C@H]1OC(=O)[C@H]2[C@@H]1C(C)(C)O. The fourth-order valence-corrected chi connectivity index (χ4v) is 6.17. The van der Waals surface area contributed by atoms with E-state index in [1.807, 2.05) is 6.92 Å². The number of ether oxygens (including phenoxy) is 4. The minimum Gasteiger partial charge on any atom is -0.462 e. The molecule has 3 heterocycles. The van der Waals surface area contributed by atoms with Crippen LogP contribution in [0.4, 0.5) is 0 Å². The second kappa shape index (κ2) is 3.81. The first kappa shape index (κ1) is 15.1. The number of rotatable bonds is 2. The van der Waals surface area contributed by atoms with Gasteiger partial charge in [-0.15, -0.1) is 0 Å². The zero-order valence-electron chi connectivity index (χ0n) is 14.2. The summed E-state index contributed by atoms with van der Waals surface area (Å²) in [5.74, 6) is -2.07. The minimum atomic E-state index is -1.14. The molecule has 5 fully saturated rings. The van der Waals surface area contributed by atoms with Gasteiger partial charge in [0.1, 0.15) is 29.8 Å². The number of esters is 2. The summed E-state index contributed by atoms with van der Waals surface area (Å²) in [6, 6.07) is 0. The number of aliphatic hydroxyl groups is 1. The summed E-state index contributed by atoms with van der Waals surface area (Å²) in [6.45, 7) is 7.24. The van der Waals surface area contributed by atoms with Crippen LogP contribution in [0.3, 0.4) is 0 Å². The summed E-state index contributed by atoms with van der Waals surface area (Å²) < 4.78 is 23.2. The largest absolute Gasteiger partial charge is 0.462 e. The molecular formula is C17H22O7. The summed E-state index contributed by atoms with van der Waals surface area (Å²) in [5, 5.41) is 10.7. The number of carbonyl (C=O) groups is 2. The molecule has 0 radical (unpaired) electrons. The standard InChI is InChI=1S/C17H22O7/c1-7(18)24-17-10-9(14(2,3)20)8(22-13(10)19)5-15(17,4)16(6-21-16)11-12(17)23-11/h8-12,20H,5-6H2,1-4H3/t8-,9-,10-,11-,12+,15+,16-,17+/m1/s1. The Hall–Kier alpha value is -1.18. The molecule has 1 spiro atoms. The highest BCUT2D eigenvalue weighted by atomic mass is 16.7. The lowest BCUT2D eigenvalue weighted by atomic mass is 9.52. The Bertz CT molecular complexity index is 662. The normalized spacial score (nSPS) is 56.5. The molecule has 2 aliphatic carbocycles. The maximum absolute atomic E-state index is 12.8. The Kier molecular flexibility index (Phi) is 2.40. The summed E-state index contributed by atoms with van der Waals surface area (Å²) in [5.41, 5.74) is -3.36. The second-order valence-electron chi connectivity index (χ2n) is 8.71. The Morgan fingerprint density at radius 2 is 2.04 bits per heavy atom. The van der Waals surface area contributed by atoms with E-state index in [4.69, 9.17) is 18.9 Å². The Morgan fingerprint density at radius 1 is 1.38 bits per heavy atom. The van der Waals surface area contributed by atoms with Crippen molar-refractivity contribution in [3.63, 3.8) is 0 Å². The van der Waals surface area contributed by atoms with E-state index in [0.717, 1.165) is 0 Å². The molecule has 2 bridgehead atoms. The van der Waals surface area contributed by atoms with Crippen LogP contribution in [0.15, 0.2) is 0 Å². The van der Waals surface area contributed by atoms with Gasteiger partial charge in [-0.2, -0.15) is 0 Å². The predicted octanol–water partition coefficient (Wildman–Crippen LogP) is 0.177. The fraction of sp³-hybridized carbons (Fsp3) is 0.882. The molecule has 0 amide bonds. The molecule has 0 unspecified atom stereocenters. The smallest absolute Gasteiger partial charge is 0.313 e. The Morgan fingerprint density at radius 3 is 2.58 bits per heavy atom. The zero-order valence-corrected chi connectivity index (χ0v) is 14.2. The van der Waals surface area contributed by atoms with Crippen molar-refractivity contribution in [1.82, 2.24) is 0 Å². The van der Waals surface area contributed by atoms with Crippen LogP contribution in [0.2, 0.25) is 0 Å². The minimum absolute atomic E-state index is 0.156. The van der Waals surface area contributed by atoms with Crippen LogP contribution in [0.25, 0.3) is 0 Å². The highest BCUT2D eigenvalue weighted by Crippen LogP contribution is 2.77. The molecule has 1 N–H and O–H groups in total. The van der Waals surface area contributed by atoms with Gasteiger partial charge in [-0.05, 0) is 20.3 Å². The maximum Gasteiger partial charge on any atom is 0.313 e. The van der Waals surface area contributed by atoms with Crippen molar-refractivity contribution in [2.45, 2.75) is 69.2 Å². The van der Waals surface area contributed by atoms with Gasteiger partial charge in [0.2, 0.25) is 0 Å². The van der Waals surface area contributed by atoms with E-state index in [1.165, 1.54) is 6.92 Å². The van der Waals surface area contributed by atoms with Gasteiger partial charge in [-0.3, -0.25) is 9.59 Å². The van der Waals surface area contributed by atoms with E-state index in [-0.39, 0.29) is 12.2 Å². The van der Waals surface area contributed by atoms with Gasteiger partial charge in [0, 0.05) is 18.3 Å². The van der Waals surface area contributed by atoms with Crippen molar-refractivity contribution in [2.75, 3.05) is 6.61 Å². The quantitative estimate of drug-likeness (QED) is 0.566. The lowest BCUT2D eigenvalue weighted by Crippen LogP contribution is -2.68. The first-order valence-electron chi connectivity index (χ1n) is 8.50. The van der Waals surface area contributed by atoms with E-state index in [9.17, 15) is 14.7 Å². The first-order valence-corrected chi connectivity index (χ1v) is 8.50. The molecule has 5 aliphatic rings. The molecule has 3 saturated heterocycles. The van der Waals surface area contributed by atoms with Crippen LogP contribution >= 0.6 is 0 Å². The average Bonchev–Trinajstić information content (AvgIpc) is 3.28. The fourth-order valence-electron chi connectivity index (χ4n) is 6.17. The van der Waals surface area contributed by atoms with E-state index in [1.54, 1.807) is 13.8 Å². The average molecular weight is 338 g/mol. The van der Waals surface area contributed by atoms with Gasteiger partial charge in [-0.1, -0.05) is 6.92 Å². The number of carbonyl (C=O) groups excluding carboxylic acids is 2. The van der Waals surface area contributed by atoms with Crippen molar-refractivity contribution in [1.29, 1.82) is 0 Å². The molecule has 0 aromatic rings. The van der Waals surface area contributed by atoms with Crippen LogP contribution in [0, 0.1) is 17.3 Å². The molecule has 3 aliphatic heterocycles. The molecule has 5 rings (SSSR count). The summed E-state index contributed by atoms with van der Waals surface area (Å²) >= 11 is 0. The molecule has 0 aromatic carbocycles. The van der Waals surface area contributed by atoms with Crippen molar-refractivity contribution in [2.24, 2.45) is 17.3 Å². The van der Waals surface area contributed by atoms with Crippen LogP contribution in [0.5, 0.6) is 0 Å². The number of hydrogen-bond donors (Lipinski definition) is 1. The van der Waals surface area contributed by atoms with Crippen molar-refractivity contribution < 1.29 is 33.6 Å². The van der Waals surface area contributed by atoms with E-state index >= 15 is 0 Å². The van der Waals surface area contributed by atoms with E-state index in [2.05, 4.69) is 0 Å². The summed E-state index contributed by atoms with van der Waals surface area (Å²) in [6.07, 6.45) is -0.449. The Balaban J connectivity index is 1.72. The van der Waals surface area contributed by atoms with Crippen LogP contribution in [0.1, 0.15) is 34.1 Å². The Labute approximate surface area is 139 Å². The molecule has 0 aromatic heterocycles. The third-order valence-corrected chi connectivity index (χ3v) is 7.11. The highest BCUT2D eigenvalue weighted by Gasteiger charge is 2.94. The van der Waals surface area contributed by atoms with Gasteiger partial charge in [0.25, 0.3) is 0 Å². The molecular weight excluding hydrogens is 316 g/mol. The molecule has 7 nitrogen and oxygen atoms in total. The lowest BCUT2D eigenvalue weighted by molar-refractivity contribution is -0.229. The monoisotopic (exact) mass is 338 g/mol. The topological polar surface area (TPSA) is 97.9 Å². The van der Waals surface area contributed by atoms with Crippen molar-refractivity contribution >= 4 is 11.9 Å². The van der Waals surface area contributed by atoms with Crippen LogP contribution in [-0.4, -0.2) is 58.8 Å². The van der Waals surface area contributed by atoms with Gasteiger partial charge >= 0.3 is 11.9 Å². The van der Waals surface area contributed by atoms with E-state index < -0.39 is 52.1 Å². The van der Waals surface area contributed by atoms with Crippen LogP contribution in [-0.2, 0) is 28.5 Å². The third-order valence-electron chi connectivity index (χ3n) is 7.11. The first-order chi connectivity index (χ1) is 11.1. The van der Waals surface area contributed by atoms with Crippen molar-refractivity contribution in [3.05, 3.63) is 0 Å². The van der Waals surface area contributed by atoms with Gasteiger partial charge in [0.05, 0.1) is 12.2 Å². The molecule has 24 heavy (non-hydrogen) atoms. The molecule has 132 valence electrons. The maximum atomic E-state index is 12.8. The molecule has 7 heteroatoms. The number of fused-ring (bicyclic) bond motifs is 8. The van der Waals surface area contributed by atoms with Gasteiger partial charge in [-0.25, -0.2) is 0 Å². The van der Waals surface area contributed by atoms with Crippen molar-refractivity contribution in [3.8, 4) is 0 Å². The second-order valence-corrected chi connectivity index (χ2v) is 8.71. The summed E-state index contributed by atoms with van der Waals surface area (Å²) in [4.78, 5) is 24.8. The molecule has 8 atom stereocenters. The number of hydrogen-bond acceptors (Lipinski definition) is 7. The van der Waals surface area contributed by atoms with E-state index in [0.29, 0.717) is 13.0 Å². The van der Waals surface area contributed by atoms with Gasteiger partial charge < -0.3 is 24.1 Å². The lowest BCUT2D eigenvalue weighted by Gasteiger charge is -2.54. The number of epoxide rings is 2. The zero-order chi connectivity index (χ0) is 17.3. The van der Waals surface area contributed by atoms with Gasteiger partial charge in [0.15, 0.2) is 5.60 Å². The highest BCUT2D eigenvalue weighted by molar-refractivity contribution is 5.80. The molecule has 2 saturated carbocycles. The predicted molar refractivity (Wildman–Crippen MR) is 77.7 cm³/mol.